The highest BCUT2D eigenvalue weighted by Gasteiger charge is 2.58. The first-order valence-electron chi connectivity index (χ1n) is 7.70. The van der Waals surface area contributed by atoms with Gasteiger partial charge in [0.15, 0.2) is 18.1 Å². The van der Waals surface area contributed by atoms with E-state index in [1.165, 1.54) is 7.11 Å². The van der Waals surface area contributed by atoms with Crippen molar-refractivity contribution in [3.8, 4) is 0 Å². The topological polar surface area (TPSA) is 113 Å². The number of fused-ring (bicyclic) bond motifs is 1. The van der Waals surface area contributed by atoms with E-state index in [-0.39, 0.29) is 0 Å². The maximum Gasteiger partial charge on any atom is 0.408 e. The molecule has 0 radical (unpaired) electrons. The maximum atomic E-state index is 11.9. The highest BCUT2D eigenvalue weighted by molar-refractivity contribution is 5.80. The Kier molecular flexibility index (Phi) is 5.10. The Bertz CT molecular complexity index is 500. The number of carbonyl (C=O) groups is 2. The van der Waals surface area contributed by atoms with Crippen LogP contribution < -0.4 is 5.32 Å². The zero-order chi connectivity index (χ0) is 18.3. The van der Waals surface area contributed by atoms with E-state index in [1.54, 1.807) is 34.6 Å². The van der Waals surface area contributed by atoms with E-state index in [0.29, 0.717) is 0 Å². The lowest BCUT2D eigenvalue weighted by atomic mass is 10.0. The number of ether oxygens (including phenoxy) is 5. The summed E-state index contributed by atoms with van der Waals surface area (Å²) in [6, 6.07) is -1.37. The molecule has 2 N–H and O–H groups in total. The van der Waals surface area contributed by atoms with Crippen molar-refractivity contribution in [1.29, 1.82) is 0 Å². The minimum absolute atomic E-state index is 0.586. The van der Waals surface area contributed by atoms with Crippen LogP contribution in [0.25, 0.3) is 0 Å². The number of rotatable bonds is 4. The first kappa shape index (κ1) is 18.9. The maximum absolute atomic E-state index is 11.9. The number of alkyl carbamates (subject to hydrolysis) is 1. The fourth-order valence-corrected chi connectivity index (χ4v) is 2.76. The number of carboxylic acid groups (broad SMARTS) is 1. The molecular formula is C15H25NO8. The molecule has 138 valence electrons. The summed E-state index contributed by atoms with van der Waals surface area (Å²) in [7, 11) is 1.42. The molecule has 0 bridgehead atoms. The monoisotopic (exact) mass is 347 g/mol. The third-order valence-corrected chi connectivity index (χ3v) is 3.57. The van der Waals surface area contributed by atoms with Gasteiger partial charge in [-0.25, -0.2) is 9.59 Å². The van der Waals surface area contributed by atoms with Gasteiger partial charge in [-0.2, -0.15) is 0 Å². The number of methoxy groups -OCH3 is 1. The number of amides is 1. The molecular weight excluding hydrogens is 322 g/mol. The van der Waals surface area contributed by atoms with Crippen molar-refractivity contribution < 1.29 is 38.4 Å². The fraction of sp³-hybridized carbons (Fsp3) is 0.867. The highest BCUT2D eigenvalue weighted by Crippen LogP contribution is 2.39. The van der Waals surface area contributed by atoms with Crippen LogP contribution in [0.3, 0.4) is 0 Å². The van der Waals surface area contributed by atoms with Gasteiger partial charge in [-0.05, 0) is 34.6 Å². The van der Waals surface area contributed by atoms with E-state index >= 15 is 0 Å². The molecule has 0 aromatic rings. The van der Waals surface area contributed by atoms with Crippen molar-refractivity contribution in [2.24, 2.45) is 0 Å². The summed E-state index contributed by atoms with van der Waals surface area (Å²) < 4.78 is 27.4. The summed E-state index contributed by atoms with van der Waals surface area (Å²) in [4.78, 5) is 23.5. The second kappa shape index (κ2) is 6.47. The van der Waals surface area contributed by atoms with Gasteiger partial charge in [-0.3, -0.25) is 0 Å². The largest absolute Gasteiger partial charge is 0.480 e. The van der Waals surface area contributed by atoms with Crippen LogP contribution in [-0.2, 0) is 28.5 Å². The van der Waals surface area contributed by atoms with Gasteiger partial charge in [0.05, 0.1) is 0 Å². The average molecular weight is 347 g/mol. The van der Waals surface area contributed by atoms with Crippen LogP contribution in [0.1, 0.15) is 34.6 Å². The van der Waals surface area contributed by atoms with Gasteiger partial charge in [0.25, 0.3) is 0 Å². The smallest absolute Gasteiger partial charge is 0.408 e. The molecule has 1 amide bonds. The van der Waals surface area contributed by atoms with Crippen LogP contribution in [0.15, 0.2) is 0 Å². The van der Waals surface area contributed by atoms with E-state index in [4.69, 9.17) is 23.7 Å². The third kappa shape index (κ3) is 4.15. The number of carboxylic acids is 1. The number of hydrogen-bond acceptors (Lipinski definition) is 7. The van der Waals surface area contributed by atoms with Crippen molar-refractivity contribution in [3.63, 3.8) is 0 Å². The first-order valence-corrected chi connectivity index (χ1v) is 7.70. The Morgan fingerprint density at radius 3 is 2.38 bits per heavy atom. The quantitative estimate of drug-likeness (QED) is 0.770. The Morgan fingerprint density at radius 1 is 1.25 bits per heavy atom. The molecule has 0 aromatic heterocycles. The molecule has 2 aliphatic heterocycles. The van der Waals surface area contributed by atoms with Crippen molar-refractivity contribution in [3.05, 3.63) is 0 Å². The number of carbonyl (C=O) groups excluding carboxylic acids is 1. The van der Waals surface area contributed by atoms with Crippen LogP contribution in [-0.4, -0.2) is 66.3 Å². The summed E-state index contributed by atoms with van der Waals surface area (Å²) in [5.74, 6) is -2.12. The van der Waals surface area contributed by atoms with Gasteiger partial charge < -0.3 is 34.1 Å². The van der Waals surface area contributed by atoms with Crippen LogP contribution >= 0.6 is 0 Å². The second-order valence-corrected chi connectivity index (χ2v) is 7.23. The highest BCUT2D eigenvalue weighted by atomic mass is 16.8. The van der Waals surface area contributed by atoms with Crippen molar-refractivity contribution in [2.45, 2.75) is 76.7 Å². The predicted molar refractivity (Wildman–Crippen MR) is 80.3 cm³/mol. The number of aliphatic carboxylic acids is 1. The Hall–Kier alpha value is -1.42. The van der Waals surface area contributed by atoms with Crippen molar-refractivity contribution in [2.75, 3.05) is 7.11 Å². The van der Waals surface area contributed by atoms with Gasteiger partial charge in [0.2, 0.25) is 0 Å². The Balaban J connectivity index is 2.11. The molecule has 2 saturated heterocycles. The van der Waals surface area contributed by atoms with Crippen LogP contribution in [0.5, 0.6) is 0 Å². The molecule has 2 heterocycles. The molecule has 4 unspecified atom stereocenters. The first-order chi connectivity index (χ1) is 10.9. The lowest BCUT2D eigenvalue weighted by Gasteiger charge is -2.29. The predicted octanol–water partition coefficient (Wildman–Crippen LogP) is 0.856. The normalized spacial score (nSPS) is 32.9. The van der Waals surface area contributed by atoms with E-state index in [1.807, 2.05) is 0 Å². The summed E-state index contributed by atoms with van der Waals surface area (Å²) >= 11 is 0. The lowest BCUT2D eigenvalue weighted by Crippen LogP contribution is -2.55. The van der Waals surface area contributed by atoms with Gasteiger partial charge in [-0.15, -0.1) is 0 Å². The second-order valence-electron chi connectivity index (χ2n) is 7.23. The molecule has 2 aliphatic rings. The molecule has 24 heavy (non-hydrogen) atoms. The summed E-state index contributed by atoms with van der Waals surface area (Å²) in [5, 5.41) is 11.8. The van der Waals surface area contributed by atoms with E-state index in [0.717, 1.165) is 0 Å². The van der Waals surface area contributed by atoms with Gasteiger partial charge in [0, 0.05) is 7.11 Å². The lowest BCUT2D eigenvalue weighted by molar-refractivity contribution is -0.220. The zero-order valence-electron chi connectivity index (χ0n) is 14.7. The molecule has 0 aromatic carbocycles. The van der Waals surface area contributed by atoms with E-state index < -0.39 is 54.1 Å². The fourth-order valence-electron chi connectivity index (χ4n) is 2.76. The minimum atomic E-state index is -1.37. The van der Waals surface area contributed by atoms with Gasteiger partial charge in [0.1, 0.15) is 23.9 Å². The van der Waals surface area contributed by atoms with Crippen molar-refractivity contribution in [1.82, 2.24) is 5.32 Å². The van der Waals surface area contributed by atoms with Crippen LogP contribution in [0, 0.1) is 0 Å². The van der Waals surface area contributed by atoms with Crippen LogP contribution in [0.4, 0.5) is 4.79 Å². The number of hydrogen-bond donors (Lipinski definition) is 2. The molecule has 9 heteroatoms. The van der Waals surface area contributed by atoms with E-state index in [2.05, 4.69) is 5.32 Å². The van der Waals surface area contributed by atoms with Gasteiger partial charge >= 0.3 is 12.1 Å². The minimum Gasteiger partial charge on any atom is -0.480 e. The Morgan fingerprint density at radius 2 is 1.88 bits per heavy atom. The molecule has 2 rings (SSSR count). The average Bonchev–Trinajstić information content (AvgIpc) is 2.84. The van der Waals surface area contributed by atoms with Crippen LogP contribution in [0.2, 0.25) is 0 Å². The zero-order valence-corrected chi connectivity index (χ0v) is 14.7. The molecule has 2 fully saturated rings. The molecule has 0 aliphatic carbocycles. The standard InChI is InChI=1S/C15H25NO8/c1-14(2,3)24-13(19)16-7(11(17)18)8-9(20-6)10-12(21-8)23-15(4,5)22-10/h7-10,12H,1-6H3,(H,16,19)(H,17,18)/t7-,8?,9?,10?,12?/m0/s1. The SMILES string of the molecule is COC1C2OC(C)(C)OC2OC1[C@H](NC(=O)OC(C)(C)C)C(=O)O. The summed E-state index contributed by atoms with van der Waals surface area (Å²) in [6.07, 6.45) is -3.90. The van der Waals surface area contributed by atoms with E-state index in [9.17, 15) is 14.7 Å². The summed E-state index contributed by atoms with van der Waals surface area (Å²) in [5.41, 5.74) is -0.753. The third-order valence-electron chi connectivity index (χ3n) is 3.57. The molecule has 0 saturated carbocycles. The summed E-state index contributed by atoms with van der Waals surface area (Å²) in [6.45, 7) is 8.50. The van der Waals surface area contributed by atoms with Gasteiger partial charge in [-0.1, -0.05) is 0 Å². The molecule has 9 nitrogen and oxygen atoms in total. The molecule has 5 atom stereocenters. The van der Waals surface area contributed by atoms with Crippen molar-refractivity contribution >= 4 is 12.1 Å². The number of nitrogens with one attached hydrogen (secondary N) is 1. The Labute approximate surface area is 140 Å². The molecule has 0 spiro atoms.